The minimum atomic E-state index is -0.796. The smallest absolute Gasteiger partial charge is 0.313 e. The lowest BCUT2D eigenvalue weighted by molar-refractivity contribution is -0.133. The van der Waals surface area contributed by atoms with Crippen molar-refractivity contribution in [3.63, 3.8) is 0 Å². The van der Waals surface area contributed by atoms with Crippen LogP contribution in [0.15, 0.2) is 0 Å². The third-order valence-corrected chi connectivity index (χ3v) is 2.25. The van der Waals surface area contributed by atoms with Gasteiger partial charge in [0.05, 0.1) is 5.75 Å². The summed E-state index contributed by atoms with van der Waals surface area (Å²) in [5, 5.41) is 16.9. The van der Waals surface area contributed by atoms with Crippen molar-refractivity contribution in [3.8, 4) is 0 Å². The fraction of sp³-hybridized carbons (Fsp3) is 0.833. The highest BCUT2D eigenvalue weighted by Crippen LogP contribution is 2.12. The van der Waals surface area contributed by atoms with E-state index in [0.717, 1.165) is 0 Å². The van der Waals surface area contributed by atoms with Gasteiger partial charge in [-0.2, -0.15) is 0 Å². The molecule has 0 aliphatic rings. The Morgan fingerprint density at radius 1 is 1.70 bits per heavy atom. The predicted octanol–water partition coefficient (Wildman–Crippen LogP) is 0.575. The molecule has 1 unspecified atom stereocenters. The Balaban J connectivity index is 3.21. The second-order valence-electron chi connectivity index (χ2n) is 2.03. The van der Waals surface area contributed by atoms with Gasteiger partial charge >= 0.3 is 5.97 Å². The Morgan fingerprint density at radius 2 is 2.30 bits per heavy atom. The molecule has 4 heteroatoms. The van der Waals surface area contributed by atoms with E-state index >= 15 is 0 Å². The molecule has 0 spiro atoms. The summed E-state index contributed by atoms with van der Waals surface area (Å²) in [6, 6.07) is 0. The van der Waals surface area contributed by atoms with Gasteiger partial charge in [-0.15, -0.1) is 11.8 Å². The van der Waals surface area contributed by atoms with Gasteiger partial charge in [-0.25, -0.2) is 0 Å². The highest BCUT2D eigenvalue weighted by Gasteiger charge is 2.03. The zero-order valence-electron chi connectivity index (χ0n) is 5.91. The molecule has 0 aliphatic heterocycles. The molecule has 0 aromatic carbocycles. The van der Waals surface area contributed by atoms with Gasteiger partial charge in [0, 0.05) is 11.9 Å². The zero-order valence-corrected chi connectivity index (χ0v) is 6.73. The molecule has 10 heavy (non-hydrogen) atoms. The zero-order chi connectivity index (χ0) is 7.98. The molecule has 0 radical (unpaired) electrons. The van der Waals surface area contributed by atoms with Gasteiger partial charge in [-0.3, -0.25) is 4.79 Å². The largest absolute Gasteiger partial charge is 0.481 e. The van der Waals surface area contributed by atoms with Crippen LogP contribution in [0.3, 0.4) is 0 Å². The molecule has 0 aromatic heterocycles. The molecule has 0 aromatic rings. The normalized spacial score (nSPS) is 13.0. The van der Waals surface area contributed by atoms with Crippen molar-refractivity contribution >= 4 is 17.7 Å². The molecular weight excluding hydrogens is 152 g/mol. The average molecular weight is 164 g/mol. The highest BCUT2D eigenvalue weighted by atomic mass is 32.2. The maximum absolute atomic E-state index is 10.0. The minimum Gasteiger partial charge on any atom is -0.481 e. The summed E-state index contributed by atoms with van der Waals surface area (Å²) in [6.07, 6.45) is 0.665. The van der Waals surface area contributed by atoms with E-state index in [-0.39, 0.29) is 17.6 Å². The number of carboxylic acids is 1. The van der Waals surface area contributed by atoms with Crippen molar-refractivity contribution in [1.29, 1.82) is 0 Å². The van der Waals surface area contributed by atoms with Crippen molar-refractivity contribution in [2.24, 2.45) is 0 Å². The fourth-order valence-corrected chi connectivity index (χ4v) is 1.18. The molecule has 0 rings (SSSR count). The summed E-state index contributed by atoms with van der Waals surface area (Å²) < 4.78 is 0. The summed E-state index contributed by atoms with van der Waals surface area (Å²) in [5.41, 5.74) is 0. The number of hydrogen-bond acceptors (Lipinski definition) is 3. The van der Waals surface area contributed by atoms with Crippen LogP contribution in [-0.2, 0) is 4.79 Å². The first kappa shape index (κ1) is 9.78. The van der Waals surface area contributed by atoms with Crippen LogP contribution in [0.4, 0.5) is 0 Å². The van der Waals surface area contributed by atoms with Crippen molar-refractivity contribution < 1.29 is 15.0 Å². The molecule has 60 valence electrons. The summed E-state index contributed by atoms with van der Waals surface area (Å²) in [6.45, 7) is 2.04. The topological polar surface area (TPSA) is 57.5 Å². The highest BCUT2D eigenvalue weighted by molar-refractivity contribution is 8.00. The van der Waals surface area contributed by atoms with E-state index < -0.39 is 5.97 Å². The van der Waals surface area contributed by atoms with Crippen LogP contribution in [0.1, 0.15) is 13.3 Å². The molecule has 1 atom stereocenters. The number of thioether (sulfide) groups is 1. The molecule has 0 fully saturated rings. The number of carbonyl (C=O) groups is 1. The third-order valence-electron chi connectivity index (χ3n) is 1.03. The maximum atomic E-state index is 10.0. The number of aliphatic hydroxyl groups excluding tert-OH is 1. The molecule has 0 aliphatic carbocycles. The standard InChI is InChI=1S/C6H12O3S/c1-5(2-3-7)10-4-6(8)9/h5,7H,2-4H2,1H3,(H,8,9). The summed E-state index contributed by atoms with van der Waals surface area (Å²) >= 11 is 1.35. The third kappa shape index (κ3) is 5.91. The van der Waals surface area contributed by atoms with Crippen molar-refractivity contribution in [2.75, 3.05) is 12.4 Å². The van der Waals surface area contributed by atoms with Gasteiger partial charge in [0.2, 0.25) is 0 Å². The molecule has 0 saturated heterocycles. The second kappa shape index (κ2) is 5.56. The van der Waals surface area contributed by atoms with Crippen LogP contribution >= 0.6 is 11.8 Å². The average Bonchev–Trinajstić information content (AvgIpc) is 1.85. The fourth-order valence-electron chi connectivity index (χ4n) is 0.479. The Morgan fingerprint density at radius 3 is 2.70 bits per heavy atom. The van der Waals surface area contributed by atoms with Gasteiger partial charge in [-0.1, -0.05) is 6.92 Å². The monoisotopic (exact) mass is 164 g/mol. The van der Waals surface area contributed by atoms with Gasteiger partial charge in [-0.05, 0) is 6.42 Å². The Kier molecular flexibility index (Phi) is 5.43. The van der Waals surface area contributed by atoms with Crippen LogP contribution in [0.2, 0.25) is 0 Å². The van der Waals surface area contributed by atoms with E-state index in [2.05, 4.69) is 0 Å². The lowest BCUT2D eigenvalue weighted by Gasteiger charge is -2.05. The predicted molar refractivity (Wildman–Crippen MR) is 41.3 cm³/mol. The van der Waals surface area contributed by atoms with E-state index in [4.69, 9.17) is 10.2 Å². The first-order valence-corrected chi connectivity index (χ1v) is 4.16. The van der Waals surface area contributed by atoms with Gasteiger partial charge in [0.1, 0.15) is 0 Å². The first-order valence-electron chi connectivity index (χ1n) is 3.11. The van der Waals surface area contributed by atoms with Crippen molar-refractivity contribution in [2.45, 2.75) is 18.6 Å². The number of aliphatic carboxylic acids is 1. The molecule has 0 heterocycles. The van der Waals surface area contributed by atoms with E-state index in [1.807, 2.05) is 6.92 Å². The quantitative estimate of drug-likeness (QED) is 0.624. The van der Waals surface area contributed by atoms with Gasteiger partial charge in [0.15, 0.2) is 0 Å². The number of aliphatic hydroxyl groups is 1. The molecular formula is C6H12O3S. The van der Waals surface area contributed by atoms with Crippen molar-refractivity contribution in [1.82, 2.24) is 0 Å². The SMILES string of the molecule is CC(CCO)SCC(=O)O. The first-order chi connectivity index (χ1) is 4.66. The van der Waals surface area contributed by atoms with E-state index in [1.165, 1.54) is 11.8 Å². The lowest BCUT2D eigenvalue weighted by atomic mass is 10.3. The lowest BCUT2D eigenvalue weighted by Crippen LogP contribution is -2.05. The van der Waals surface area contributed by atoms with Gasteiger partial charge < -0.3 is 10.2 Å². The Labute approximate surface area is 64.4 Å². The van der Waals surface area contributed by atoms with Gasteiger partial charge in [0.25, 0.3) is 0 Å². The number of rotatable bonds is 5. The Bertz CT molecular complexity index is 105. The van der Waals surface area contributed by atoms with Crippen LogP contribution in [0, 0.1) is 0 Å². The van der Waals surface area contributed by atoms with E-state index in [0.29, 0.717) is 6.42 Å². The number of hydrogen-bond donors (Lipinski definition) is 2. The molecule has 0 amide bonds. The molecule has 0 bridgehead atoms. The maximum Gasteiger partial charge on any atom is 0.313 e. The van der Waals surface area contributed by atoms with Crippen LogP contribution in [0.25, 0.3) is 0 Å². The van der Waals surface area contributed by atoms with Crippen molar-refractivity contribution in [3.05, 3.63) is 0 Å². The van der Waals surface area contributed by atoms with Crippen LogP contribution < -0.4 is 0 Å². The molecule has 3 nitrogen and oxygen atoms in total. The molecule has 2 N–H and O–H groups in total. The summed E-state index contributed by atoms with van der Waals surface area (Å²) in [7, 11) is 0. The summed E-state index contributed by atoms with van der Waals surface area (Å²) in [5.74, 6) is -0.670. The second-order valence-corrected chi connectivity index (χ2v) is 3.45. The number of carboxylic acid groups (broad SMARTS) is 1. The van der Waals surface area contributed by atoms with Crippen LogP contribution in [-0.4, -0.2) is 33.8 Å². The van der Waals surface area contributed by atoms with E-state index in [1.54, 1.807) is 0 Å². The minimum absolute atomic E-state index is 0.126. The Hall–Kier alpha value is -0.220. The molecule has 0 saturated carbocycles. The van der Waals surface area contributed by atoms with E-state index in [9.17, 15) is 4.79 Å². The summed E-state index contributed by atoms with van der Waals surface area (Å²) in [4.78, 5) is 10.0. The van der Waals surface area contributed by atoms with Crippen LogP contribution in [0.5, 0.6) is 0 Å².